The van der Waals surface area contributed by atoms with Gasteiger partial charge in [-0.15, -0.1) is 0 Å². The number of aryl methyl sites for hydroxylation is 2. The highest BCUT2D eigenvalue weighted by molar-refractivity contribution is 6.37. The van der Waals surface area contributed by atoms with Crippen molar-refractivity contribution in [3.63, 3.8) is 0 Å². The Balaban J connectivity index is 1.19. The first-order valence-electron chi connectivity index (χ1n) is 17.0. The molecule has 1 saturated carbocycles. The molecule has 4 aromatic rings. The van der Waals surface area contributed by atoms with Crippen molar-refractivity contribution in [1.82, 2.24) is 4.90 Å². The Labute approximate surface area is 304 Å². The number of carbonyl (C=O) groups is 1. The van der Waals surface area contributed by atoms with Crippen LogP contribution in [0, 0.1) is 18.0 Å². The minimum atomic E-state index is -0.359. The van der Waals surface area contributed by atoms with Crippen LogP contribution in [0.2, 0.25) is 10.0 Å². The number of nitrogens with two attached hydrogens (primary N) is 1. The highest BCUT2D eigenvalue weighted by atomic mass is 35.5. The summed E-state index contributed by atoms with van der Waals surface area (Å²) in [6.45, 7) is 4.22. The molecule has 1 atom stereocenters. The molecule has 1 aliphatic rings. The predicted octanol–water partition coefficient (Wildman–Crippen LogP) is 6.86. The molecule has 1 aromatic heterocycles. The molecule has 3 aromatic carbocycles. The summed E-state index contributed by atoms with van der Waals surface area (Å²) in [5, 5.41) is 12.4. The summed E-state index contributed by atoms with van der Waals surface area (Å²) >= 11 is 12.5. The largest absolute Gasteiger partial charge is 0.619 e. The molecule has 2 N–H and O–H groups in total. The van der Waals surface area contributed by atoms with E-state index in [1.807, 2.05) is 48.2 Å². The lowest BCUT2D eigenvalue weighted by atomic mass is 9.97. The Morgan fingerprint density at radius 1 is 0.880 bits per heavy atom. The Kier molecular flexibility index (Phi) is 13.6. The van der Waals surface area contributed by atoms with Crippen LogP contribution in [0.25, 0.3) is 0 Å². The van der Waals surface area contributed by atoms with Crippen molar-refractivity contribution in [2.24, 2.45) is 11.7 Å². The highest BCUT2D eigenvalue weighted by Gasteiger charge is 2.35. The zero-order chi connectivity index (χ0) is 35.5. The number of halogens is 2. The number of carbonyl (C=O) groups excluding carboxylic acids is 1. The predicted molar refractivity (Wildman–Crippen MR) is 195 cm³/mol. The third-order valence-electron chi connectivity index (χ3n) is 8.52. The normalized spacial score (nSPS) is 13.1. The van der Waals surface area contributed by atoms with E-state index in [1.165, 1.54) is 12.4 Å². The van der Waals surface area contributed by atoms with Gasteiger partial charge >= 0.3 is 0 Å². The fourth-order valence-electron chi connectivity index (χ4n) is 5.78. The van der Waals surface area contributed by atoms with Gasteiger partial charge in [-0.25, -0.2) is 0 Å². The van der Waals surface area contributed by atoms with E-state index in [2.05, 4.69) is 6.07 Å². The topological polar surface area (TPSA) is 110 Å². The van der Waals surface area contributed by atoms with E-state index >= 15 is 0 Å². The van der Waals surface area contributed by atoms with Gasteiger partial charge < -0.3 is 34.8 Å². The summed E-state index contributed by atoms with van der Waals surface area (Å²) in [5.74, 6) is 1.56. The van der Waals surface area contributed by atoms with Gasteiger partial charge in [-0.2, -0.15) is 4.73 Å². The number of nitrogens with zero attached hydrogens (tertiary/aromatic N) is 2. The molecule has 1 aliphatic carbocycles. The van der Waals surface area contributed by atoms with Crippen LogP contribution >= 0.6 is 23.2 Å². The van der Waals surface area contributed by atoms with Crippen molar-refractivity contribution in [2.75, 3.05) is 33.5 Å². The van der Waals surface area contributed by atoms with Crippen molar-refractivity contribution >= 4 is 29.1 Å². The molecular formula is C39H45Cl2N3O6. The molecule has 0 bridgehead atoms. The molecule has 1 unspecified atom stereocenters. The molecule has 50 heavy (non-hydrogen) atoms. The molecule has 0 spiro atoms. The zero-order valence-corrected chi connectivity index (χ0v) is 30.1. The monoisotopic (exact) mass is 721 g/mol. The van der Waals surface area contributed by atoms with Gasteiger partial charge in [-0.05, 0) is 97.7 Å². The van der Waals surface area contributed by atoms with Crippen LogP contribution in [0.1, 0.15) is 47.1 Å². The second-order valence-electron chi connectivity index (χ2n) is 12.7. The van der Waals surface area contributed by atoms with E-state index < -0.39 is 0 Å². The molecular weight excluding hydrogens is 677 g/mol. The maximum absolute atomic E-state index is 14.0. The third kappa shape index (κ3) is 11.0. The SMILES string of the molecule is COCCCc1cc(CN(C(=O)C(CN)Cc2ccc(OCCOc3c(Cl)cc(C)cc3Cl)cc2)C2CC2)cc(OCc2cc[n+]([O-])cc2)c1. The lowest BCUT2D eigenvalue weighted by molar-refractivity contribution is -0.605. The Morgan fingerprint density at radius 3 is 2.22 bits per heavy atom. The van der Waals surface area contributed by atoms with Crippen LogP contribution < -0.4 is 24.7 Å². The Hall–Kier alpha value is -4.02. The maximum Gasteiger partial charge on any atom is 0.227 e. The Bertz CT molecular complexity index is 1680. The number of hydrogen-bond donors (Lipinski definition) is 1. The van der Waals surface area contributed by atoms with Gasteiger partial charge in [0.2, 0.25) is 5.91 Å². The third-order valence-corrected chi connectivity index (χ3v) is 9.08. The van der Waals surface area contributed by atoms with E-state index in [0.717, 1.165) is 64.0 Å². The van der Waals surface area contributed by atoms with E-state index in [0.29, 0.717) is 54.3 Å². The molecule has 0 saturated heterocycles. The number of amides is 1. The first kappa shape index (κ1) is 37.2. The molecule has 1 amide bonds. The zero-order valence-electron chi connectivity index (χ0n) is 28.6. The fourth-order valence-corrected chi connectivity index (χ4v) is 6.49. The first-order chi connectivity index (χ1) is 24.2. The number of ether oxygens (including phenoxy) is 4. The molecule has 1 heterocycles. The average Bonchev–Trinajstić information content (AvgIpc) is 3.95. The van der Waals surface area contributed by atoms with Gasteiger partial charge in [0.15, 0.2) is 18.1 Å². The molecule has 0 aliphatic heterocycles. The Morgan fingerprint density at radius 2 is 1.56 bits per heavy atom. The lowest BCUT2D eigenvalue weighted by Crippen LogP contribution is -2.41. The highest BCUT2D eigenvalue weighted by Crippen LogP contribution is 2.34. The quantitative estimate of drug-likeness (QED) is 0.0640. The summed E-state index contributed by atoms with van der Waals surface area (Å²) in [6.07, 6.45) is 7.09. The van der Waals surface area contributed by atoms with Crippen molar-refractivity contribution in [2.45, 2.75) is 58.2 Å². The number of methoxy groups -OCH3 is 1. The number of pyridine rings is 1. The van der Waals surface area contributed by atoms with E-state index in [9.17, 15) is 10.0 Å². The van der Waals surface area contributed by atoms with E-state index in [4.69, 9.17) is 47.9 Å². The van der Waals surface area contributed by atoms with Crippen LogP contribution in [-0.2, 0) is 35.5 Å². The number of aromatic nitrogens is 1. The van der Waals surface area contributed by atoms with Crippen LogP contribution in [0.4, 0.5) is 0 Å². The number of benzene rings is 3. The van der Waals surface area contributed by atoms with Crippen molar-refractivity contribution in [3.8, 4) is 17.2 Å². The summed E-state index contributed by atoms with van der Waals surface area (Å²) in [5.41, 5.74) is 11.2. The van der Waals surface area contributed by atoms with Crippen LogP contribution in [0.5, 0.6) is 17.2 Å². The van der Waals surface area contributed by atoms with Gasteiger partial charge in [0.25, 0.3) is 0 Å². The number of rotatable bonds is 19. The fraction of sp³-hybridized carbons (Fsp3) is 0.385. The minimum Gasteiger partial charge on any atom is -0.619 e. The molecule has 1 fully saturated rings. The summed E-state index contributed by atoms with van der Waals surface area (Å²) in [6, 6.07) is 21.2. The summed E-state index contributed by atoms with van der Waals surface area (Å²) in [4.78, 5) is 16.0. The van der Waals surface area contributed by atoms with Crippen LogP contribution in [0.15, 0.2) is 79.1 Å². The molecule has 266 valence electrons. The van der Waals surface area contributed by atoms with Crippen LogP contribution in [-0.4, -0.2) is 50.3 Å². The lowest BCUT2D eigenvalue weighted by Gasteiger charge is -2.27. The van der Waals surface area contributed by atoms with Crippen LogP contribution in [0.3, 0.4) is 0 Å². The minimum absolute atomic E-state index is 0.0587. The second-order valence-corrected chi connectivity index (χ2v) is 13.5. The summed E-state index contributed by atoms with van der Waals surface area (Å²) in [7, 11) is 1.70. The number of hydrogen-bond acceptors (Lipinski definition) is 7. The van der Waals surface area contributed by atoms with Gasteiger partial charge in [0.1, 0.15) is 31.3 Å². The van der Waals surface area contributed by atoms with Gasteiger partial charge in [-0.3, -0.25) is 4.79 Å². The smallest absolute Gasteiger partial charge is 0.227 e. The maximum atomic E-state index is 14.0. The van der Waals surface area contributed by atoms with E-state index in [1.54, 1.807) is 31.4 Å². The van der Waals surface area contributed by atoms with Gasteiger partial charge in [-0.1, -0.05) is 41.4 Å². The summed E-state index contributed by atoms with van der Waals surface area (Å²) < 4.78 is 23.8. The van der Waals surface area contributed by atoms with Crippen molar-refractivity contribution in [3.05, 3.63) is 122 Å². The molecule has 11 heteroatoms. The second kappa shape index (κ2) is 18.3. The first-order valence-corrected chi connectivity index (χ1v) is 17.7. The van der Waals surface area contributed by atoms with Crippen molar-refractivity contribution in [1.29, 1.82) is 0 Å². The van der Waals surface area contributed by atoms with Crippen molar-refractivity contribution < 1.29 is 28.5 Å². The molecule has 5 rings (SSSR count). The standard InChI is InChI=1S/C39H45Cl2N3O6/c1-27-18-36(40)38(37(41)19-27)49-17-16-48-34-9-5-28(6-10-34)21-32(24-42)39(45)44(33-7-8-33)25-31-20-30(4-3-15-47-2)22-35(23-31)50-26-29-11-13-43(46)14-12-29/h5-6,9-14,18-20,22-23,32-33H,3-4,7-8,15-17,21,24-26,42H2,1-2H3. The van der Waals surface area contributed by atoms with E-state index in [-0.39, 0.29) is 31.0 Å². The average molecular weight is 723 g/mol. The van der Waals surface area contributed by atoms with Gasteiger partial charge in [0.05, 0.1) is 16.0 Å². The molecule has 9 nitrogen and oxygen atoms in total. The van der Waals surface area contributed by atoms with Gasteiger partial charge in [0, 0.05) is 50.5 Å². The molecule has 0 radical (unpaired) electrons.